The number of carboxylic acid groups (broad SMARTS) is 1. The van der Waals surface area contributed by atoms with Gasteiger partial charge in [0.15, 0.2) is 0 Å². The SMILES string of the molecule is CCOc1cccc(NC/C(C)=C/C(=O)O)c1. The molecule has 0 aliphatic carbocycles. The van der Waals surface area contributed by atoms with Crippen LogP contribution in [0.15, 0.2) is 35.9 Å². The number of nitrogens with one attached hydrogen (secondary N) is 1. The van der Waals surface area contributed by atoms with E-state index < -0.39 is 5.97 Å². The maximum Gasteiger partial charge on any atom is 0.328 e. The lowest BCUT2D eigenvalue weighted by atomic mass is 10.2. The minimum absolute atomic E-state index is 0.502. The number of rotatable bonds is 6. The van der Waals surface area contributed by atoms with Gasteiger partial charge in [-0.15, -0.1) is 0 Å². The number of hydrogen-bond acceptors (Lipinski definition) is 3. The van der Waals surface area contributed by atoms with Crippen molar-refractivity contribution in [3.63, 3.8) is 0 Å². The van der Waals surface area contributed by atoms with Gasteiger partial charge in [0.05, 0.1) is 6.61 Å². The topological polar surface area (TPSA) is 58.6 Å². The van der Waals surface area contributed by atoms with E-state index in [1.54, 1.807) is 6.92 Å². The fourth-order valence-corrected chi connectivity index (χ4v) is 1.37. The second-order valence-corrected chi connectivity index (χ2v) is 3.64. The van der Waals surface area contributed by atoms with E-state index in [9.17, 15) is 4.79 Å². The predicted octanol–water partition coefficient (Wildman–Crippen LogP) is 2.53. The monoisotopic (exact) mass is 235 g/mol. The van der Waals surface area contributed by atoms with Crippen molar-refractivity contribution < 1.29 is 14.6 Å². The van der Waals surface area contributed by atoms with Crippen molar-refractivity contribution >= 4 is 11.7 Å². The van der Waals surface area contributed by atoms with Gasteiger partial charge in [-0.3, -0.25) is 0 Å². The Bertz CT molecular complexity index is 413. The molecule has 92 valence electrons. The van der Waals surface area contributed by atoms with Crippen LogP contribution in [0, 0.1) is 0 Å². The first kappa shape index (κ1) is 13.1. The molecule has 0 atom stereocenters. The van der Waals surface area contributed by atoms with Gasteiger partial charge in [-0.05, 0) is 31.6 Å². The Morgan fingerprint density at radius 2 is 2.29 bits per heavy atom. The molecule has 1 aromatic rings. The zero-order chi connectivity index (χ0) is 12.7. The van der Waals surface area contributed by atoms with Gasteiger partial charge in [0.1, 0.15) is 5.75 Å². The first-order valence-electron chi connectivity index (χ1n) is 5.48. The van der Waals surface area contributed by atoms with E-state index in [-0.39, 0.29) is 0 Å². The van der Waals surface area contributed by atoms with E-state index in [1.165, 1.54) is 6.08 Å². The van der Waals surface area contributed by atoms with Crippen LogP contribution in [-0.2, 0) is 4.79 Å². The van der Waals surface area contributed by atoms with Gasteiger partial charge in [-0.25, -0.2) is 4.79 Å². The Morgan fingerprint density at radius 3 is 2.94 bits per heavy atom. The Kier molecular flexibility index (Phi) is 5.07. The van der Waals surface area contributed by atoms with Crippen LogP contribution in [0.2, 0.25) is 0 Å². The zero-order valence-electron chi connectivity index (χ0n) is 10.1. The van der Waals surface area contributed by atoms with Gasteiger partial charge in [-0.1, -0.05) is 6.07 Å². The fourth-order valence-electron chi connectivity index (χ4n) is 1.37. The van der Waals surface area contributed by atoms with E-state index in [0.717, 1.165) is 17.0 Å². The second kappa shape index (κ2) is 6.58. The summed E-state index contributed by atoms with van der Waals surface area (Å²) in [6, 6.07) is 7.58. The summed E-state index contributed by atoms with van der Waals surface area (Å²) in [5.41, 5.74) is 1.67. The van der Waals surface area contributed by atoms with E-state index >= 15 is 0 Å². The van der Waals surface area contributed by atoms with Gasteiger partial charge in [0, 0.05) is 24.4 Å². The van der Waals surface area contributed by atoms with E-state index in [1.807, 2.05) is 31.2 Å². The van der Waals surface area contributed by atoms with Crippen LogP contribution in [0.3, 0.4) is 0 Å². The smallest absolute Gasteiger partial charge is 0.328 e. The van der Waals surface area contributed by atoms with Crippen LogP contribution in [0.4, 0.5) is 5.69 Å². The molecule has 2 N–H and O–H groups in total. The lowest BCUT2D eigenvalue weighted by Gasteiger charge is -2.08. The Hall–Kier alpha value is -1.97. The summed E-state index contributed by atoms with van der Waals surface area (Å²) in [6.45, 7) is 4.83. The third-order valence-electron chi connectivity index (χ3n) is 2.09. The molecule has 0 aromatic heterocycles. The second-order valence-electron chi connectivity index (χ2n) is 3.64. The molecule has 4 heteroatoms. The molecule has 1 rings (SSSR count). The summed E-state index contributed by atoms with van der Waals surface area (Å²) in [7, 11) is 0. The standard InChI is InChI=1S/C13H17NO3/c1-3-17-12-6-4-5-11(8-12)14-9-10(2)7-13(15)16/h4-8,14H,3,9H2,1-2H3,(H,15,16)/b10-7+. The van der Waals surface area contributed by atoms with Crippen LogP contribution in [0.25, 0.3) is 0 Å². The molecule has 0 amide bonds. The minimum atomic E-state index is -0.924. The summed E-state index contributed by atoms with van der Waals surface area (Å²) < 4.78 is 5.37. The highest BCUT2D eigenvalue weighted by Crippen LogP contribution is 2.17. The van der Waals surface area contributed by atoms with E-state index in [4.69, 9.17) is 9.84 Å². The Morgan fingerprint density at radius 1 is 1.53 bits per heavy atom. The number of aliphatic carboxylic acids is 1. The highest BCUT2D eigenvalue weighted by molar-refractivity contribution is 5.80. The van der Waals surface area contributed by atoms with Gasteiger partial charge >= 0.3 is 5.97 Å². The molecular weight excluding hydrogens is 218 g/mol. The van der Waals surface area contributed by atoms with Crippen molar-refractivity contribution in [2.75, 3.05) is 18.5 Å². The summed E-state index contributed by atoms with van der Waals surface area (Å²) >= 11 is 0. The molecule has 17 heavy (non-hydrogen) atoms. The Labute approximate surface area is 101 Å². The van der Waals surface area contributed by atoms with Crippen LogP contribution in [0.5, 0.6) is 5.75 Å². The summed E-state index contributed by atoms with van der Waals surface area (Å²) in [6.07, 6.45) is 1.19. The predicted molar refractivity (Wildman–Crippen MR) is 67.5 cm³/mol. The van der Waals surface area contributed by atoms with Crippen molar-refractivity contribution in [2.24, 2.45) is 0 Å². The van der Waals surface area contributed by atoms with Crippen LogP contribution >= 0.6 is 0 Å². The molecule has 0 fully saturated rings. The van der Waals surface area contributed by atoms with Crippen LogP contribution < -0.4 is 10.1 Å². The van der Waals surface area contributed by atoms with E-state index in [2.05, 4.69) is 5.32 Å². The maximum atomic E-state index is 10.4. The van der Waals surface area contributed by atoms with Gasteiger partial charge in [-0.2, -0.15) is 0 Å². The molecule has 0 saturated carbocycles. The van der Waals surface area contributed by atoms with Crippen LogP contribution in [0.1, 0.15) is 13.8 Å². The highest BCUT2D eigenvalue weighted by Gasteiger charge is 1.97. The summed E-state index contributed by atoms with van der Waals surface area (Å²) in [5.74, 6) is -0.121. The van der Waals surface area contributed by atoms with Crippen molar-refractivity contribution in [3.8, 4) is 5.75 Å². The number of ether oxygens (including phenoxy) is 1. The third kappa shape index (κ3) is 5.06. The average Bonchev–Trinajstić information content (AvgIpc) is 2.26. The third-order valence-corrected chi connectivity index (χ3v) is 2.09. The molecular formula is C13H17NO3. The van der Waals surface area contributed by atoms with Crippen molar-refractivity contribution in [1.29, 1.82) is 0 Å². The maximum absolute atomic E-state index is 10.4. The quantitative estimate of drug-likeness (QED) is 0.744. The van der Waals surface area contributed by atoms with Crippen LogP contribution in [-0.4, -0.2) is 24.2 Å². The van der Waals surface area contributed by atoms with Gasteiger partial charge < -0.3 is 15.2 Å². The first-order valence-corrected chi connectivity index (χ1v) is 5.48. The summed E-state index contributed by atoms with van der Waals surface area (Å²) in [4.78, 5) is 10.4. The average molecular weight is 235 g/mol. The molecule has 1 aromatic carbocycles. The number of carbonyl (C=O) groups is 1. The number of carboxylic acids is 1. The first-order chi connectivity index (χ1) is 8.11. The van der Waals surface area contributed by atoms with Crippen molar-refractivity contribution in [3.05, 3.63) is 35.9 Å². The van der Waals surface area contributed by atoms with Crippen molar-refractivity contribution in [2.45, 2.75) is 13.8 Å². The summed E-state index contributed by atoms with van der Waals surface area (Å²) in [5, 5.41) is 11.7. The number of benzene rings is 1. The molecule has 0 radical (unpaired) electrons. The van der Waals surface area contributed by atoms with Gasteiger partial charge in [0.25, 0.3) is 0 Å². The molecule has 4 nitrogen and oxygen atoms in total. The molecule has 0 saturated heterocycles. The fraction of sp³-hybridized carbons (Fsp3) is 0.308. The molecule has 0 bridgehead atoms. The largest absolute Gasteiger partial charge is 0.494 e. The van der Waals surface area contributed by atoms with Gasteiger partial charge in [0.2, 0.25) is 0 Å². The number of anilines is 1. The minimum Gasteiger partial charge on any atom is -0.494 e. The molecule has 0 aliphatic rings. The number of hydrogen-bond donors (Lipinski definition) is 2. The molecule has 0 unspecified atom stereocenters. The lowest BCUT2D eigenvalue weighted by molar-refractivity contribution is -0.131. The van der Waals surface area contributed by atoms with E-state index in [0.29, 0.717) is 13.2 Å². The zero-order valence-corrected chi connectivity index (χ0v) is 10.1. The normalized spacial score (nSPS) is 11.1. The Balaban J connectivity index is 2.57. The lowest BCUT2D eigenvalue weighted by Crippen LogP contribution is -2.04. The molecule has 0 heterocycles. The van der Waals surface area contributed by atoms with Crippen molar-refractivity contribution in [1.82, 2.24) is 0 Å². The highest BCUT2D eigenvalue weighted by atomic mass is 16.5. The molecule has 0 aliphatic heterocycles. The molecule has 0 spiro atoms.